The summed E-state index contributed by atoms with van der Waals surface area (Å²) in [7, 11) is 0. The molecule has 1 N–H and O–H groups in total. The Labute approximate surface area is 127 Å². The fourth-order valence-corrected chi connectivity index (χ4v) is 4.96. The van der Waals surface area contributed by atoms with Crippen molar-refractivity contribution in [1.29, 1.82) is 0 Å². The molecule has 1 aromatic carbocycles. The van der Waals surface area contributed by atoms with Gasteiger partial charge < -0.3 is 5.32 Å². The molecule has 0 amide bonds. The molecule has 2 fully saturated rings. The van der Waals surface area contributed by atoms with Crippen molar-refractivity contribution in [3.8, 4) is 0 Å². The lowest BCUT2D eigenvalue weighted by Crippen LogP contribution is -2.34. The predicted octanol–water partition coefficient (Wildman–Crippen LogP) is 4.30. The SMILES string of the molecule is CCNC(CC1CCSCC1)C1CC1c1ccccc1. The smallest absolute Gasteiger partial charge is 0.0104 e. The van der Waals surface area contributed by atoms with Gasteiger partial charge in [-0.1, -0.05) is 37.3 Å². The van der Waals surface area contributed by atoms with Crippen LogP contribution in [0.1, 0.15) is 44.1 Å². The van der Waals surface area contributed by atoms with Gasteiger partial charge in [0.2, 0.25) is 0 Å². The first-order valence-corrected chi connectivity index (χ1v) is 9.40. The van der Waals surface area contributed by atoms with Crippen LogP contribution >= 0.6 is 11.8 Å². The largest absolute Gasteiger partial charge is 0.314 e. The molecule has 3 unspecified atom stereocenters. The van der Waals surface area contributed by atoms with Gasteiger partial charge in [0.15, 0.2) is 0 Å². The Balaban J connectivity index is 1.57. The van der Waals surface area contributed by atoms with Crippen molar-refractivity contribution >= 4 is 11.8 Å². The second-order valence-electron chi connectivity index (χ2n) is 6.37. The summed E-state index contributed by atoms with van der Waals surface area (Å²) < 4.78 is 0. The van der Waals surface area contributed by atoms with Crippen molar-refractivity contribution in [3.05, 3.63) is 35.9 Å². The Morgan fingerprint density at radius 3 is 2.65 bits per heavy atom. The Morgan fingerprint density at radius 2 is 1.95 bits per heavy atom. The van der Waals surface area contributed by atoms with Crippen LogP contribution in [0.5, 0.6) is 0 Å². The highest BCUT2D eigenvalue weighted by Crippen LogP contribution is 2.51. The van der Waals surface area contributed by atoms with Crippen LogP contribution in [0.2, 0.25) is 0 Å². The highest BCUT2D eigenvalue weighted by atomic mass is 32.2. The number of hydrogen-bond donors (Lipinski definition) is 1. The minimum Gasteiger partial charge on any atom is -0.314 e. The lowest BCUT2D eigenvalue weighted by molar-refractivity contribution is 0.340. The minimum atomic E-state index is 0.748. The Hall–Kier alpha value is -0.470. The van der Waals surface area contributed by atoms with Crippen LogP contribution < -0.4 is 5.32 Å². The van der Waals surface area contributed by atoms with Gasteiger partial charge >= 0.3 is 0 Å². The molecule has 0 spiro atoms. The van der Waals surface area contributed by atoms with Crippen molar-refractivity contribution in [3.63, 3.8) is 0 Å². The van der Waals surface area contributed by atoms with Crippen LogP contribution in [0.3, 0.4) is 0 Å². The van der Waals surface area contributed by atoms with Crippen molar-refractivity contribution in [2.45, 2.75) is 44.6 Å². The first-order chi connectivity index (χ1) is 9.88. The van der Waals surface area contributed by atoms with E-state index in [1.54, 1.807) is 5.56 Å². The number of thioether (sulfide) groups is 1. The first kappa shape index (κ1) is 14.5. The molecule has 3 atom stereocenters. The van der Waals surface area contributed by atoms with Gasteiger partial charge in [-0.2, -0.15) is 11.8 Å². The minimum absolute atomic E-state index is 0.748. The van der Waals surface area contributed by atoms with Crippen LogP contribution in [0, 0.1) is 11.8 Å². The zero-order chi connectivity index (χ0) is 13.8. The van der Waals surface area contributed by atoms with Crippen molar-refractivity contribution in [2.75, 3.05) is 18.1 Å². The fourth-order valence-electron chi connectivity index (χ4n) is 3.76. The van der Waals surface area contributed by atoms with Crippen molar-refractivity contribution < 1.29 is 0 Å². The monoisotopic (exact) mass is 289 g/mol. The molecule has 3 rings (SSSR count). The van der Waals surface area contributed by atoms with Gasteiger partial charge in [-0.15, -0.1) is 0 Å². The van der Waals surface area contributed by atoms with Crippen LogP contribution in [0.25, 0.3) is 0 Å². The van der Waals surface area contributed by atoms with Crippen LogP contribution in [0.4, 0.5) is 0 Å². The summed E-state index contributed by atoms with van der Waals surface area (Å²) >= 11 is 2.14. The van der Waals surface area contributed by atoms with E-state index in [4.69, 9.17) is 0 Å². The van der Waals surface area contributed by atoms with Crippen LogP contribution in [-0.2, 0) is 0 Å². The molecule has 110 valence electrons. The van der Waals surface area contributed by atoms with Gasteiger partial charge in [0.25, 0.3) is 0 Å². The maximum Gasteiger partial charge on any atom is 0.0104 e. The second kappa shape index (κ2) is 7.00. The number of hydrogen-bond acceptors (Lipinski definition) is 2. The molecule has 1 saturated heterocycles. The molecule has 0 bridgehead atoms. The average molecular weight is 289 g/mol. The zero-order valence-electron chi connectivity index (χ0n) is 12.6. The molecule has 1 aliphatic carbocycles. The van der Waals surface area contributed by atoms with Crippen LogP contribution in [0.15, 0.2) is 30.3 Å². The van der Waals surface area contributed by atoms with E-state index in [1.165, 1.54) is 37.2 Å². The summed E-state index contributed by atoms with van der Waals surface area (Å²) in [5.41, 5.74) is 1.56. The van der Waals surface area contributed by atoms with Crippen molar-refractivity contribution in [1.82, 2.24) is 5.32 Å². The van der Waals surface area contributed by atoms with E-state index in [2.05, 4.69) is 54.3 Å². The predicted molar refractivity (Wildman–Crippen MR) is 89.4 cm³/mol. The molecule has 2 aliphatic rings. The molecule has 1 nitrogen and oxygen atoms in total. The van der Waals surface area contributed by atoms with Gasteiger partial charge in [0, 0.05) is 6.04 Å². The summed E-state index contributed by atoms with van der Waals surface area (Å²) in [6.45, 7) is 3.37. The average Bonchev–Trinajstić information content (AvgIpc) is 3.29. The lowest BCUT2D eigenvalue weighted by atomic mass is 9.91. The molecule has 1 aliphatic heterocycles. The molecule has 1 aromatic rings. The van der Waals surface area contributed by atoms with Gasteiger partial charge in [0.1, 0.15) is 0 Å². The molecule has 0 radical (unpaired) electrons. The Morgan fingerprint density at radius 1 is 1.20 bits per heavy atom. The van der Waals surface area contributed by atoms with Gasteiger partial charge in [-0.05, 0) is 67.1 Å². The van der Waals surface area contributed by atoms with E-state index < -0.39 is 0 Å². The third-order valence-electron chi connectivity index (χ3n) is 4.98. The van der Waals surface area contributed by atoms with Gasteiger partial charge in [0.05, 0.1) is 0 Å². The second-order valence-corrected chi connectivity index (χ2v) is 7.60. The van der Waals surface area contributed by atoms with Crippen LogP contribution in [-0.4, -0.2) is 24.1 Å². The zero-order valence-corrected chi connectivity index (χ0v) is 13.4. The van der Waals surface area contributed by atoms with E-state index in [0.717, 1.165) is 30.3 Å². The summed E-state index contributed by atoms with van der Waals surface area (Å²) in [4.78, 5) is 0. The fraction of sp³-hybridized carbons (Fsp3) is 0.667. The highest BCUT2D eigenvalue weighted by molar-refractivity contribution is 7.99. The number of nitrogens with one attached hydrogen (secondary N) is 1. The molecule has 20 heavy (non-hydrogen) atoms. The summed E-state index contributed by atoms with van der Waals surface area (Å²) in [6, 6.07) is 11.9. The maximum atomic E-state index is 3.78. The van der Waals surface area contributed by atoms with Crippen molar-refractivity contribution in [2.24, 2.45) is 11.8 Å². The normalized spacial score (nSPS) is 28.2. The standard InChI is InChI=1S/C18H27NS/c1-2-19-18(12-14-8-10-20-11-9-14)17-13-16(17)15-6-4-3-5-7-15/h3-7,14,16-19H,2,8-13H2,1H3. The molecule has 2 heteroatoms. The highest BCUT2D eigenvalue weighted by Gasteiger charge is 2.43. The first-order valence-electron chi connectivity index (χ1n) is 8.24. The Kier molecular flexibility index (Phi) is 5.06. The molecular weight excluding hydrogens is 262 g/mol. The third kappa shape index (κ3) is 3.59. The molecule has 1 saturated carbocycles. The number of benzene rings is 1. The summed E-state index contributed by atoms with van der Waals surface area (Å²) in [5.74, 6) is 5.44. The molecule has 1 heterocycles. The van der Waals surface area contributed by atoms with E-state index in [1.807, 2.05) is 0 Å². The summed E-state index contributed by atoms with van der Waals surface area (Å²) in [5, 5.41) is 3.78. The number of rotatable bonds is 6. The van der Waals surface area contributed by atoms with Gasteiger partial charge in [-0.25, -0.2) is 0 Å². The Bertz CT molecular complexity index is 399. The topological polar surface area (TPSA) is 12.0 Å². The quantitative estimate of drug-likeness (QED) is 0.838. The summed E-state index contributed by atoms with van der Waals surface area (Å²) in [6.07, 6.45) is 5.68. The maximum absolute atomic E-state index is 3.78. The lowest BCUT2D eigenvalue weighted by Gasteiger charge is -2.27. The van der Waals surface area contributed by atoms with E-state index in [9.17, 15) is 0 Å². The van der Waals surface area contributed by atoms with E-state index >= 15 is 0 Å². The van der Waals surface area contributed by atoms with E-state index in [0.29, 0.717) is 0 Å². The molecular formula is C18H27NS. The van der Waals surface area contributed by atoms with E-state index in [-0.39, 0.29) is 0 Å². The molecule has 0 aromatic heterocycles. The van der Waals surface area contributed by atoms with Gasteiger partial charge in [-0.3, -0.25) is 0 Å². The third-order valence-corrected chi connectivity index (χ3v) is 6.03.